The fourth-order valence-electron chi connectivity index (χ4n) is 3.36. The van der Waals surface area contributed by atoms with E-state index in [1.807, 2.05) is 64.1 Å². The van der Waals surface area contributed by atoms with Gasteiger partial charge in [0.05, 0.1) is 11.5 Å². The van der Waals surface area contributed by atoms with Crippen molar-refractivity contribution in [3.05, 3.63) is 70.3 Å². The second-order valence-electron chi connectivity index (χ2n) is 9.73. The molecule has 2 aromatic rings. The van der Waals surface area contributed by atoms with Gasteiger partial charge in [-0.2, -0.15) is 0 Å². The molecular weight excluding hydrogens is 432 g/mol. The summed E-state index contributed by atoms with van der Waals surface area (Å²) < 4.78 is 10.7. The highest BCUT2D eigenvalue weighted by Crippen LogP contribution is 2.19. The van der Waals surface area contributed by atoms with E-state index >= 15 is 0 Å². The van der Waals surface area contributed by atoms with Crippen LogP contribution in [0.4, 0.5) is 4.79 Å². The molecule has 0 bridgehead atoms. The minimum atomic E-state index is -0.629. The normalized spacial score (nSPS) is 12.1. The van der Waals surface area contributed by atoms with Crippen LogP contribution in [0.15, 0.2) is 42.5 Å². The molecule has 1 atom stereocenters. The Kier molecular flexibility index (Phi) is 9.24. The highest BCUT2D eigenvalue weighted by atomic mass is 16.6. The topological polar surface area (TPSA) is 93.7 Å². The molecule has 2 aromatic carbocycles. The molecule has 2 amide bonds. The quantitative estimate of drug-likeness (QED) is 0.543. The van der Waals surface area contributed by atoms with E-state index in [9.17, 15) is 14.4 Å². The first-order valence-corrected chi connectivity index (χ1v) is 11.5. The Bertz CT molecular complexity index is 1010. The number of amides is 2. The van der Waals surface area contributed by atoms with E-state index in [4.69, 9.17) is 9.47 Å². The lowest BCUT2D eigenvalue weighted by Gasteiger charge is -2.22. The standard InChI is InChI=1S/C27H36N2O5/c1-17(2)29-24(30)23(15-28-26(32)34-27(5,6)7)21-11-9-20(10-12-21)16-33-25(31)22-13-8-18(3)14-19(22)4/h8-14,17,23H,15-16H2,1-7H3,(H,28,32)(H,29,30)/t23-/m0/s1. The first-order valence-electron chi connectivity index (χ1n) is 11.5. The van der Waals surface area contributed by atoms with E-state index in [0.29, 0.717) is 5.56 Å². The molecule has 0 aromatic heterocycles. The molecule has 0 heterocycles. The Morgan fingerprint density at radius 3 is 2.18 bits per heavy atom. The number of ether oxygens (including phenoxy) is 2. The van der Waals surface area contributed by atoms with Crippen LogP contribution >= 0.6 is 0 Å². The monoisotopic (exact) mass is 468 g/mol. The summed E-state index contributed by atoms with van der Waals surface area (Å²) in [4.78, 5) is 37.3. The van der Waals surface area contributed by atoms with Crippen molar-refractivity contribution in [3.63, 3.8) is 0 Å². The van der Waals surface area contributed by atoms with Gasteiger partial charge in [0.25, 0.3) is 0 Å². The summed E-state index contributed by atoms with van der Waals surface area (Å²) in [5.41, 5.74) is 3.40. The Morgan fingerprint density at radius 2 is 1.62 bits per heavy atom. The van der Waals surface area contributed by atoms with Gasteiger partial charge in [0.2, 0.25) is 5.91 Å². The lowest BCUT2D eigenvalue weighted by Crippen LogP contribution is -2.41. The number of hydrogen-bond acceptors (Lipinski definition) is 5. The number of carbonyl (C=O) groups excluding carboxylic acids is 3. The van der Waals surface area contributed by atoms with Crippen LogP contribution in [0.25, 0.3) is 0 Å². The summed E-state index contributed by atoms with van der Waals surface area (Å²) in [7, 11) is 0. The molecule has 2 N–H and O–H groups in total. The molecule has 0 aliphatic heterocycles. The van der Waals surface area contributed by atoms with E-state index < -0.39 is 17.6 Å². The van der Waals surface area contributed by atoms with Crippen LogP contribution in [-0.4, -0.2) is 36.2 Å². The van der Waals surface area contributed by atoms with Crippen molar-refractivity contribution in [1.29, 1.82) is 0 Å². The molecule has 184 valence electrons. The number of hydrogen-bond donors (Lipinski definition) is 2. The molecule has 0 aliphatic rings. The lowest BCUT2D eigenvalue weighted by molar-refractivity contribution is -0.122. The zero-order chi connectivity index (χ0) is 25.5. The van der Waals surface area contributed by atoms with E-state index in [1.165, 1.54) is 0 Å². The molecule has 0 spiro atoms. The van der Waals surface area contributed by atoms with Crippen LogP contribution in [-0.2, 0) is 20.9 Å². The molecule has 34 heavy (non-hydrogen) atoms. The van der Waals surface area contributed by atoms with Crippen LogP contribution < -0.4 is 10.6 Å². The molecular formula is C27H36N2O5. The average Bonchev–Trinajstić information content (AvgIpc) is 2.71. The van der Waals surface area contributed by atoms with Gasteiger partial charge in [-0.25, -0.2) is 9.59 Å². The Balaban J connectivity index is 2.07. The maximum absolute atomic E-state index is 12.8. The summed E-state index contributed by atoms with van der Waals surface area (Å²) in [5.74, 6) is -1.17. The zero-order valence-corrected chi connectivity index (χ0v) is 21.2. The Morgan fingerprint density at radius 1 is 0.971 bits per heavy atom. The van der Waals surface area contributed by atoms with Crippen molar-refractivity contribution >= 4 is 18.0 Å². The predicted octanol–water partition coefficient (Wildman–Crippen LogP) is 4.79. The molecule has 0 radical (unpaired) electrons. The summed E-state index contributed by atoms with van der Waals surface area (Å²) in [6.45, 7) is 13.2. The Hall–Kier alpha value is -3.35. The minimum absolute atomic E-state index is 0.0413. The number of rotatable bonds is 8. The molecule has 0 saturated carbocycles. The lowest BCUT2D eigenvalue weighted by atomic mass is 9.96. The van der Waals surface area contributed by atoms with Crippen molar-refractivity contribution < 1.29 is 23.9 Å². The first kappa shape index (κ1) is 26.9. The van der Waals surface area contributed by atoms with Gasteiger partial charge in [-0.1, -0.05) is 42.0 Å². The van der Waals surface area contributed by atoms with E-state index in [2.05, 4.69) is 10.6 Å². The summed E-state index contributed by atoms with van der Waals surface area (Å²) >= 11 is 0. The summed E-state index contributed by atoms with van der Waals surface area (Å²) in [5, 5.41) is 5.58. The predicted molar refractivity (Wildman–Crippen MR) is 132 cm³/mol. The third kappa shape index (κ3) is 8.54. The van der Waals surface area contributed by atoms with E-state index in [1.54, 1.807) is 26.8 Å². The van der Waals surface area contributed by atoms with Crippen molar-refractivity contribution in [2.75, 3.05) is 6.54 Å². The SMILES string of the molecule is Cc1ccc(C(=O)OCc2ccc([C@H](CNC(=O)OC(C)(C)C)C(=O)NC(C)C)cc2)c(C)c1. The van der Waals surface area contributed by atoms with Crippen LogP contribution in [0.5, 0.6) is 0 Å². The molecule has 2 rings (SSSR count). The average molecular weight is 469 g/mol. The Labute approximate surface area is 202 Å². The summed E-state index contributed by atoms with van der Waals surface area (Å²) in [6, 6.07) is 12.8. The zero-order valence-electron chi connectivity index (χ0n) is 21.2. The van der Waals surface area contributed by atoms with Gasteiger partial charge in [-0.3, -0.25) is 4.79 Å². The van der Waals surface area contributed by atoms with Gasteiger partial charge in [0, 0.05) is 12.6 Å². The van der Waals surface area contributed by atoms with E-state index in [0.717, 1.165) is 22.3 Å². The molecule has 0 fully saturated rings. The van der Waals surface area contributed by atoms with Crippen LogP contribution in [0.1, 0.15) is 73.1 Å². The molecule has 0 aliphatic carbocycles. The van der Waals surface area contributed by atoms with Gasteiger partial charge in [0.15, 0.2) is 0 Å². The number of aryl methyl sites for hydroxylation is 2. The smallest absolute Gasteiger partial charge is 0.407 e. The fraction of sp³-hybridized carbons (Fsp3) is 0.444. The van der Waals surface area contributed by atoms with Crippen LogP contribution in [0.2, 0.25) is 0 Å². The highest BCUT2D eigenvalue weighted by Gasteiger charge is 2.24. The third-order valence-electron chi connectivity index (χ3n) is 4.95. The van der Waals surface area contributed by atoms with Crippen molar-refractivity contribution in [2.45, 2.75) is 72.6 Å². The second-order valence-corrected chi connectivity index (χ2v) is 9.73. The fourth-order valence-corrected chi connectivity index (χ4v) is 3.36. The highest BCUT2D eigenvalue weighted by molar-refractivity contribution is 5.91. The van der Waals surface area contributed by atoms with Crippen LogP contribution in [0, 0.1) is 13.8 Å². The molecule has 0 saturated heterocycles. The molecule has 7 heteroatoms. The van der Waals surface area contributed by atoms with Gasteiger partial charge >= 0.3 is 12.1 Å². The van der Waals surface area contributed by atoms with Crippen molar-refractivity contribution in [2.24, 2.45) is 0 Å². The molecule has 0 unspecified atom stereocenters. The maximum atomic E-state index is 12.8. The molecule has 7 nitrogen and oxygen atoms in total. The van der Waals surface area contributed by atoms with Gasteiger partial charge in [0.1, 0.15) is 12.2 Å². The van der Waals surface area contributed by atoms with Crippen molar-refractivity contribution in [1.82, 2.24) is 10.6 Å². The van der Waals surface area contributed by atoms with Crippen molar-refractivity contribution in [3.8, 4) is 0 Å². The van der Waals surface area contributed by atoms with Gasteiger partial charge < -0.3 is 20.1 Å². The first-order chi connectivity index (χ1) is 15.9. The van der Waals surface area contributed by atoms with Gasteiger partial charge in [-0.05, 0) is 71.2 Å². The summed E-state index contributed by atoms with van der Waals surface area (Å²) in [6.07, 6.45) is -0.579. The maximum Gasteiger partial charge on any atom is 0.407 e. The minimum Gasteiger partial charge on any atom is -0.457 e. The number of alkyl carbamates (subject to hydrolysis) is 1. The second kappa shape index (κ2) is 11.7. The number of esters is 1. The largest absolute Gasteiger partial charge is 0.457 e. The number of benzene rings is 2. The van der Waals surface area contributed by atoms with Crippen LogP contribution in [0.3, 0.4) is 0 Å². The third-order valence-corrected chi connectivity index (χ3v) is 4.95. The number of nitrogens with one attached hydrogen (secondary N) is 2. The van der Waals surface area contributed by atoms with Gasteiger partial charge in [-0.15, -0.1) is 0 Å². The van der Waals surface area contributed by atoms with E-state index in [-0.39, 0.29) is 31.1 Å². The number of carbonyl (C=O) groups is 3.